The highest BCUT2D eigenvalue weighted by Gasteiger charge is 2.26. The van der Waals surface area contributed by atoms with E-state index in [0.29, 0.717) is 12.1 Å². The topological polar surface area (TPSA) is 58.3 Å². The minimum absolute atomic E-state index is 0.314. The highest BCUT2D eigenvalue weighted by atomic mass is 16.3. The molecule has 3 heteroatoms. The van der Waals surface area contributed by atoms with Gasteiger partial charge in [0.2, 0.25) is 0 Å². The third-order valence-corrected chi connectivity index (χ3v) is 1.85. The van der Waals surface area contributed by atoms with Crippen molar-refractivity contribution in [2.24, 2.45) is 5.73 Å². The Morgan fingerprint density at radius 1 is 1.64 bits per heavy atom. The first-order valence-electron chi connectivity index (χ1n) is 3.84. The molecule has 0 aromatic heterocycles. The van der Waals surface area contributed by atoms with Crippen LogP contribution in [0.2, 0.25) is 0 Å². The fraction of sp³-hybridized carbons (Fsp3) is 0.750. The van der Waals surface area contributed by atoms with Gasteiger partial charge in [-0.2, -0.15) is 0 Å². The molecule has 0 aromatic carbocycles. The molecule has 0 saturated heterocycles. The molecule has 1 atom stereocenters. The first-order valence-corrected chi connectivity index (χ1v) is 3.84. The molecule has 0 amide bonds. The van der Waals surface area contributed by atoms with Gasteiger partial charge in [-0.25, -0.2) is 0 Å². The number of nitrogens with two attached hydrogens (primary N) is 1. The number of hydrogen-bond donors (Lipinski definition) is 3. The van der Waals surface area contributed by atoms with Crippen LogP contribution in [0.5, 0.6) is 0 Å². The predicted molar refractivity (Wildman–Crippen MR) is 43.6 cm³/mol. The van der Waals surface area contributed by atoms with Gasteiger partial charge in [-0.3, -0.25) is 5.32 Å². The summed E-state index contributed by atoms with van der Waals surface area (Å²) in [6, 6.07) is 0.676. The van der Waals surface area contributed by atoms with E-state index in [1.807, 2.05) is 0 Å². The average Bonchev–Trinajstić information content (AvgIpc) is 1.85. The first-order chi connectivity index (χ1) is 5.22. The number of aliphatic hydroxyl groups excluding tert-OH is 1. The SMILES string of the molecule is CC#CC(O)N[C@H]1C[C@@H](N)C1. The standard InChI is InChI=1S/C8H14N2O/c1-2-3-8(11)10-7-4-6(9)5-7/h6-8,10-11H,4-5,9H2,1H3/t6-,7+,8?. The van der Waals surface area contributed by atoms with E-state index in [0.717, 1.165) is 12.8 Å². The number of nitrogens with one attached hydrogen (secondary N) is 1. The third-order valence-electron chi connectivity index (χ3n) is 1.85. The first kappa shape index (κ1) is 8.54. The van der Waals surface area contributed by atoms with Gasteiger partial charge in [0.1, 0.15) is 0 Å². The normalized spacial score (nSPS) is 31.5. The Balaban J connectivity index is 2.15. The summed E-state index contributed by atoms with van der Waals surface area (Å²) < 4.78 is 0. The Labute approximate surface area is 67.0 Å². The van der Waals surface area contributed by atoms with Crippen LogP contribution in [-0.4, -0.2) is 23.4 Å². The van der Waals surface area contributed by atoms with Crippen molar-refractivity contribution in [3.63, 3.8) is 0 Å². The maximum atomic E-state index is 9.15. The number of hydrogen-bond acceptors (Lipinski definition) is 3. The molecule has 1 saturated carbocycles. The van der Waals surface area contributed by atoms with Crippen LogP contribution in [0.4, 0.5) is 0 Å². The third kappa shape index (κ3) is 2.51. The van der Waals surface area contributed by atoms with Gasteiger partial charge < -0.3 is 10.8 Å². The summed E-state index contributed by atoms with van der Waals surface area (Å²) in [6.07, 6.45) is 1.21. The zero-order valence-corrected chi connectivity index (χ0v) is 6.67. The van der Waals surface area contributed by atoms with Crippen molar-refractivity contribution >= 4 is 0 Å². The molecule has 1 aliphatic rings. The fourth-order valence-electron chi connectivity index (χ4n) is 1.20. The predicted octanol–water partition coefficient (Wildman–Crippen LogP) is -0.593. The summed E-state index contributed by atoms with van der Waals surface area (Å²) in [7, 11) is 0. The lowest BCUT2D eigenvalue weighted by atomic mass is 9.87. The molecule has 3 nitrogen and oxygen atoms in total. The summed E-state index contributed by atoms with van der Waals surface area (Å²) in [6.45, 7) is 1.71. The lowest BCUT2D eigenvalue weighted by Crippen LogP contribution is -2.51. The minimum atomic E-state index is -0.683. The van der Waals surface area contributed by atoms with Gasteiger partial charge in [0.05, 0.1) is 0 Å². The van der Waals surface area contributed by atoms with Gasteiger partial charge >= 0.3 is 0 Å². The zero-order valence-electron chi connectivity index (χ0n) is 6.67. The van der Waals surface area contributed by atoms with Crippen LogP contribution >= 0.6 is 0 Å². The second kappa shape index (κ2) is 3.72. The quantitative estimate of drug-likeness (QED) is 0.368. The maximum absolute atomic E-state index is 9.15. The van der Waals surface area contributed by atoms with Gasteiger partial charge in [0.15, 0.2) is 6.23 Å². The molecule has 0 bridgehead atoms. The van der Waals surface area contributed by atoms with E-state index in [4.69, 9.17) is 10.8 Å². The van der Waals surface area contributed by atoms with Crippen LogP contribution in [0.15, 0.2) is 0 Å². The molecule has 0 spiro atoms. The molecule has 1 rings (SSSR count). The molecule has 62 valence electrons. The largest absolute Gasteiger partial charge is 0.367 e. The molecule has 0 aromatic rings. The maximum Gasteiger partial charge on any atom is 0.168 e. The van der Waals surface area contributed by atoms with E-state index < -0.39 is 6.23 Å². The van der Waals surface area contributed by atoms with Gasteiger partial charge in [-0.05, 0) is 19.8 Å². The van der Waals surface area contributed by atoms with E-state index in [-0.39, 0.29) is 0 Å². The summed E-state index contributed by atoms with van der Waals surface area (Å²) in [5.41, 5.74) is 5.56. The van der Waals surface area contributed by atoms with E-state index >= 15 is 0 Å². The number of rotatable bonds is 2. The van der Waals surface area contributed by atoms with Crippen LogP contribution in [0.3, 0.4) is 0 Å². The van der Waals surface area contributed by atoms with E-state index in [9.17, 15) is 0 Å². The molecule has 1 fully saturated rings. The van der Waals surface area contributed by atoms with Crippen LogP contribution in [0.25, 0.3) is 0 Å². The molecule has 0 heterocycles. The van der Waals surface area contributed by atoms with Gasteiger partial charge in [-0.15, -0.1) is 5.92 Å². The summed E-state index contributed by atoms with van der Waals surface area (Å²) >= 11 is 0. The fourth-order valence-corrected chi connectivity index (χ4v) is 1.20. The van der Waals surface area contributed by atoms with Crippen LogP contribution < -0.4 is 11.1 Å². The van der Waals surface area contributed by atoms with Crippen molar-refractivity contribution in [2.75, 3.05) is 0 Å². The zero-order chi connectivity index (χ0) is 8.27. The Kier molecular flexibility index (Phi) is 2.89. The highest BCUT2D eigenvalue weighted by Crippen LogP contribution is 2.17. The molecular weight excluding hydrogens is 140 g/mol. The Morgan fingerprint density at radius 2 is 2.27 bits per heavy atom. The molecular formula is C8H14N2O. The van der Waals surface area contributed by atoms with Gasteiger partial charge in [-0.1, -0.05) is 5.92 Å². The summed E-state index contributed by atoms with van der Waals surface area (Å²) in [5, 5.41) is 12.1. The van der Waals surface area contributed by atoms with Crippen molar-refractivity contribution in [1.82, 2.24) is 5.32 Å². The van der Waals surface area contributed by atoms with E-state index in [1.165, 1.54) is 0 Å². The molecule has 11 heavy (non-hydrogen) atoms. The second-order valence-electron chi connectivity index (χ2n) is 2.89. The second-order valence-corrected chi connectivity index (χ2v) is 2.89. The summed E-state index contributed by atoms with van der Waals surface area (Å²) in [5.74, 6) is 5.25. The van der Waals surface area contributed by atoms with E-state index in [1.54, 1.807) is 6.92 Å². The van der Waals surface area contributed by atoms with Gasteiger partial charge in [0, 0.05) is 12.1 Å². The molecule has 4 N–H and O–H groups in total. The molecule has 0 radical (unpaired) electrons. The lowest BCUT2D eigenvalue weighted by molar-refractivity contribution is 0.143. The van der Waals surface area contributed by atoms with Crippen molar-refractivity contribution in [2.45, 2.75) is 38.1 Å². The minimum Gasteiger partial charge on any atom is -0.367 e. The monoisotopic (exact) mass is 154 g/mol. The molecule has 0 aliphatic heterocycles. The van der Waals surface area contributed by atoms with Crippen LogP contribution in [0, 0.1) is 11.8 Å². The molecule has 1 unspecified atom stereocenters. The van der Waals surface area contributed by atoms with Crippen LogP contribution in [-0.2, 0) is 0 Å². The van der Waals surface area contributed by atoms with Crippen molar-refractivity contribution in [3.8, 4) is 11.8 Å². The van der Waals surface area contributed by atoms with Crippen molar-refractivity contribution in [3.05, 3.63) is 0 Å². The Hall–Kier alpha value is -0.560. The number of aliphatic hydroxyl groups is 1. The van der Waals surface area contributed by atoms with Crippen LogP contribution in [0.1, 0.15) is 19.8 Å². The van der Waals surface area contributed by atoms with Crippen molar-refractivity contribution < 1.29 is 5.11 Å². The highest BCUT2D eigenvalue weighted by molar-refractivity contribution is 5.02. The molecule has 1 aliphatic carbocycles. The lowest BCUT2D eigenvalue weighted by Gasteiger charge is -2.33. The van der Waals surface area contributed by atoms with E-state index in [2.05, 4.69) is 17.2 Å². The Morgan fingerprint density at radius 3 is 2.73 bits per heavy atom. The average molecular weight is 154 g/mol. The Bertz CT molecular complexity index is 176. The summed E-state index contributed by atoms with van der Waals surface area (Å²) in [4.78, 5) is 0. The smallest absolute Gasteiger partial charge is 0.168 e. The van der Waals surface area contributed by atoms with Crippen molar-refractivity contribution in [1.29, 1.82) is 0 Å². The van der Waals surface area contributed by atoms with Gasteiger partial charge in [0.25, 0.3) is 0 Å².